The highest BCUT2D eigenvalue weighted by Gasteiger charge is 2.55. The molecule has 3 aromatic rings. The van der Waals surface area contributed by atoms with Crippen molar-refractivity contribution >= 4 is 25.4 Å². The van der Waals surface area contributed by atoms with E-state index in [0.29, 0.717) is 34.9 Å². The largest absolute Gasteiger partial charge is 0.489 e. The molecule has 1 aliphatic heterocycles. The van der Waals surface area contributed by atoms with E-state index in [-0.39, 0.29) is 18.5 Å². The van der Waals surface area contributed by atoms with Gasteiger partial charge in [0.25, 0.3) is 0 Å². The molecule has 5 N–H and O–H groups in total. The number of nitriles is 1. The summed E-state index contributed by atoms with van der Waals surface area (Å²) in [5, 5.41) is 36.1. The minimum absolute atomic E-state index is 0.0284. The third-order valence-corrected chi connectivity index (χ3v) is 11.6. The maximum absolute atomic E-state index is 13.4. The van der Waals surface area contributed by atoms with E-state index in [0.717, 1.165) is 19.3 Å². The normalized spacial score (nSPS) is 20.7. The topological polar surface area (TPSA) is 225 Å². The highest BCUT2D eigenvalue weighted by atomic mass is 31.2. The van der Waals surface area contributed by atoms with Crippen molar-refractivity contribution in [1.29, 1.82) is 5.26 Å². The molecular weight excluding hydrogens is 803 g/mol. The van der Waals surface area contributed by atoms with E-state index >= 15 is 0 Å². The zero-order chi connectivity index (χ0) is 44.1. The van der Waals surface area contributed by atoms with Gasteiger partial charge in [-0.1, -0.05) is 103 Å². The number of aliphatic hydroxyl groups excluding tert-OH is 2. The summed E-state index contributed by atoms with van der Waals surface area (Å²) in [5.74, 6) is 0.879. The number of nitrogens with zero attached hydrogens (tertiary/aromatic N) is 5. The number of rotatable bonds is 31. The Bertz CT molecular complexity index is 1860. The first kappa shape index (κ1) is 50.0. The number of aromatic nitrogens is 3. The van der Waals surface area contributed by atoms with Crippen LogP contribution in [0.3, 0.4) is 0 Å². The fourth-order valence-corrected chi connectivity index (χ4v) is 8.22. The second-order valence-corrected chi connectivity index (χ2v) is 17.6. The van der Waals surface area contributed by atoms with Crippen molar-refractivity contribution in [2.45, 2.75) is 160 Å². The summed E-state index contributed by atoms with van der Waals surface area (Å²) in [4.78, 5) is 18.8. The van der Waals surface area contributed by atoms with Crippen LogP contribution in [-0.4, -0.2) is 99.4 Å². The lowest BCUT2D eigenvalue weighted by Gasteiger charge is -2.28. The highest BCUT2D eigenvalue weighted by Crippen LogP contribution is 2.47. The fraction of sp³-hybridized carbons (Fsp3) is 0.682. The Hall–Kier alpha value is -3.65. The molecule has 1 aliphatic rings. The van der Waals surface area contributed by atoms with Gasteiger partial charge in [-0.05, 0) is 44.5 Å². The van der Waals surface area contributed by atoms with Crippen molar-refractivity contribution in [3.8, 4) is 17.6 Å². The van der Waals surface area contributed by atoms with Gasteiger partial charge in [0.05, 0.1) is 37.2 Å². The van der Waals surface area contributed by atoms with Gasteiger partial charge in [0, 0.05) is 25.9 Å². The third-order valence-electron chi connectivity index (χ3n) is 10.7. The first-order valence-electron chi connectivity index (χ1n) is 22.1. The van der Waals surface area contributed by atoms with Gasteiger partial charge < -0.3 is 39.8 Å². The molecule has 6 atom stereocenters. The van der Waals surface area contributed by atoms with Gasteiger partial charge in [0.1, 0.15) is 53.8 Å². The van der Waals surface area contributed by atoms with E-state index in [9.17, 15) is 24.9 Å². The summed E-state index contributed by atoms with van der Waals surface area (Å²) in [6.45, 7) is 5.31. The number of phosphoric acid groups is 1. The molecule has 0 aliphatic carbocycles. The number of ether oxygens (including phenoxy) is 4. The number of benzene rings is 1. The van der Waals surface area contributed by atoms with Gasteiger partial charge in [-0.2, -0.15) is 10.4 Å². The van der Waals surface area contributed by atoms with E-state index in [4.69, 9.17) is 33.7 Å². The predicted octanol–water partition coefficient (Wildman–Crippen LogP) is 8.06. The summed E-state index contributed by atoms with van der Waals surface area (Å²) in [6, 6.07) is 10.1. The maximum atomic E-state index is 13.4. The lowest BCUT2D eigenvalue weighted by Crippen LogP contribution is -2.48. The summed E-state index contributed by atoms with van der Waals surface area (Å²) in [5.41, 5.74) is 5.28. The number of phosphoric ester groups is 1. The molecule has 1 fully saturated rings. The summed E-state index contributed by atoms with van der Waals surface area (Å²) < 4.78 is 49.7. The molecule has 16 nitrogen and oxygen atoms in total. The quantitative estimate of drug-likeness (QED) is 0.0273. The van der Waals surface area contributed by atoms with Gasteiger partial charge in [-0.15, -0.1) is 0 Å². The first-order chi connectivity index (χ1) is 29.4. The van der Waals surface area contributed by atoms with Gasteiger partial charge >= 0.3 is 7.82 Å². The van der Waals surface area contributed by atoms with Crippen LogP contribution in [-0.2, 0) is 23.1 Å². The number of nitrogens with two attached hydrogens (primary N) is 1. The van der Waals surface area contributed by atoms with E-state index < -0.39 is 51.1 Å². The Morgan fingerprint density at radius 2 is 1.59 bits per heavy atom. The molecule has 0 saturated carbocycles. The maximum Gasteiger partial charge on any atom is 0.472 e. The van der Waals surface area contributed by atoms with Crippen LogP contribution in [0.4, 0.5) is 5.82 Å². The molecule has 4 rings (SSSR count). The van der Waals surface area contributed by atoms with E-state index in [2.05, 4.69) is 28.1 Å². The molecule has 17 heteroatoms. The molecular formula is C44H69N6O10P. The van der Waals surface area contributed by atoms with Crippen LogP contribution in [0.15, 0.2) is 41.7 Å². The molecule has 0 bridgehead atoms. The molecule has 2 aromatic heterocycles. The molecule has 3 heterocycles. The summed E-state index contributed by atoms with van der Waals surface area (Å²) in [7, 11) is -3.41. The molecule has 1 unspecified atom stereocenters. The predicted molar refractivity (Wildman–Crippen MR) is 234 cm³/mol. The van der Waals surface area contributed by atoms with Crippen LogP contribution in [0.25, 0.3) is 5.52 Å². The average Bonchev–Trinajstić information content (AvgIpc) is 3.77. The first-order valence-corrected chi connectivity index (χ1v) is 23.6. The summed E-state index contributed by atoms with van der Waals surface area (Å²) in [6.07, 6.45) is 17.4. The molecule has 0 radical (unpaired) electrons. The smallest absolute Gasteiger partial charge is 0.472 e. The summed E-state index contributed by atoms with van der Waals surface area (Å²) >= 11 is 0. The zero-order valence-corrected chi connectivity index (χ0v) is 37.4. The monoisotopic (exact) mass is 872 g/mol. The molecule has 0 amide bonds. The van der Waals surface area contributed by atoms with Gasteiger partial charge in [-0.25, -0.2) is 14.1 Å². The van der Waals surface area contributed by atoms with Gasteiger partial charge in [0.2, 0.25) is 0 Å². The lowest BCUT2D eigenvalue weighted by molar-refractivity contribution is -0.0644. The second kappa shape index (κ2) is 26.1. The SMILES string of the molecule is CCCCCCCCCCCCCCCCCCOC[C@H](COP(=O)(O)OC[C@@]1(C=NC)O[C@@H](c2ccc3c(N)ncnn23)[C@H](O)[C@@H]1O)Oc1ccc(C#N)c(OC(C)C)c1. The minimum Gasteiger partial charge on any atom is -0.489 e. The Kier molecular flexibility index (Phi) is 21.4. The third kappa shape index (κ3) is 15.9. The van der Waals surface area contributed by atoms with Crippen molar-refractivity contribution in [2.24, 2.45) is 4.99 Å². The molecule has 340 valence electrons. The number of hydrogen-bond acceptors (Lipinski definition) is 14. The van der Waals surface area contributed by atoms with Crippen LogP contribution >= 0.6 is 7.82 Å². The fourth-order valence-electron chi connectivity index (χ4n) is 7.43. The van der Waals surface area contributed by atoms with E-state index in [1.807, 2.05) is 13.8 Å². The van der Waals surface area contributed by atoms with Crippen LogP contribution in [0.5, 0.6) is 11.5 Å². The van der Waals surface area contributed by atoms with Crippen molar-refractivity contribution in [3.63, 3.8) is 0 Å². The molecule has 0 spiro atoms. The van der Waals surface area contributed by atoms with Gasteiger partial charge in [0.15, 0.2) is 11.4 Å². The molecule has 1 saturated heterocycles. The Morgan fingerprint density at radius 1 is 0.951 bits per heavy atom. The minimum atomic E-state index is -4.84. The number of unbranched alkanes of at least 4 members (excludes halogenated alkanes) is 15. The number of hydrogen-bond donors (Lipinski definition) is 4. The van der Waals surface area contributed by atoms with Crippen molar-refractivity contribution < 1.29 is 47.7 Å². The zero-order valence-electron chi connectivity index (χ0n) is 36.5. The Balaban J connectivity index is 1.27. The molecule has 1 aromatic carbocycles. The number of fused-ring (bicyclic) bond motifs is 1. The average molecular weight is 873 g/mol. The lowest BCUT2D eigenvalue weighted by atomic mass is 9.96. The number of aliphatic hydroxyl groups is 2. The van der Waals surface area contributed by atoms with Gasteiger partial charge in [-0.3, -0.25) is 14.0 Å². The second-order valence-electron chi connectivity index (χ2n) is 16.1. The van der Waals surface area contributed by atoms with Crippen molar-refractivity contribution in [3.05, 3.63) is 47.9 Å². The molecule has 61 heavy (non-hydrogen) atoms. The highest BCUT2D eigenvalue weighted by molar-refractivity contribution is 7.47. The Labute approximate surface area is 361 Å². The number of anilines is 1. The van der Waals surface area contributed by atoms with Crippen LogP contribution in [0, 0.1) is 11.3 Å². The van der Waals surface area contributed by atoms with Crippen LogP contribution < -0.4 is 15.2 Å². The Morgan fingerprint density at radius 3 is 2.20 bits per heavy atom. The van der Waals surface area contributed by atoms with Crippen molar-refractivity contribution in [1.82, 2.24) is 14.6 Å². The number of nitrogen functional groups attached to an aromatic ring is 1. The van der Waals surface area contributed by atoms with Crippen molar-refractivity contribution in [2.75, 3.05) is 39.2 Å². The van der Waals surface area contributed by atoms with E-state index in [1.165, 1.54) is 108 Å². The number of aliphatic imine (C=N–C) groups is 1. The van der Waals surface area contributed by atoms with E-state index in [1.54, 1.807) is 30.3 Å². The van der Waals surface area contributed by atoms with Crippen LogP contribution in [0.1, 0.15) is 141 Å². The standard InChI is InChI=1S/C44H69N6O10P/c1-5-6-7-8-9-10-11-12-13-14-15-16-17-18-19-20-25-55-28-36(59-35-22-21-34(27-45)39(26-35)58-33(2)3)29-56-61(53,54)57-31-44(30-47-4)42(52)40(51)41(60-44)37-23-24-38-43(46)48-32-49-50(37)38/h21-24,26,30,32-33,36,40-42,51-52H,5-20,25,28-29,31H2,1-4H3,(H,53,54)(H2,46,48,49)/t36-,40+,41+,42+,44-/m1/s1. The van der Waals surface area contributed by atoms with Crippen LogP contribution in [0.2, 0.25) is 0 Å².